The molecule has 1 aliphatic heterocycles. The Morgan fingerprint density at radius 1 is 0.826 bits per heavy atom. The van der Waals surface area contributed by atoms with E-state index in [0.717, 1.165) is 10.5 Å². The zero-order chi connectivity index (χ0) is 33.9. The van der Waals surface area contributed by atoms with Crippen molar-refractivity contribution in [3.63, 3.8) is 0 Å². The van der Waals surface area contributed by atoms with Gasteiger partial charge >= 0.3 is 12.0 Å². The van der Waals surface area contributed by atoms with Crippen LogP contribution in [0.2, 0.25) is 0 Å². The van der Waals surface area contributed by atoms with Gasteiger partial charge in [-0.1, -0.05) is 18.6 Å². The third-order valence-electron chi connectivity index (χ3n) is 7.05. The Kier molecular flexibility index (Phi) is 16.5. The van der Waals surface area contributed by atoms with Crippen LogP contribution in [-0.4, -0.2) is 78.2 Å². The van der Waals surface area contributed by atoms with Crippen LogP contribution in [0.1, 0.15) is 70.3 Å². The maximum Gasteiger partial charge on any atom is 0.312 e. The van der Waals surface area contributed by atoms with E-state index >= 15 is 0 Å². The molecule has 0 bridgehead atoms. The molecular formula is C31H45N7O8. The van der Waals surface area contributed by atoms with Gasteiger partial charge in [-0.2, -0.15) is 0 Å². The van der Waals surface area contributed by atoms with Crippen LogP contribution in [-0.2, 0) is 40.1 Å². The number of amides is 7. The topological polar surface area (TPSA) is 232 Å². The van der Waals surface area contributed by atoms with Gasteiger partial charge in [-0.15, -0.1) is 0 Å². The molecule has 1 unspecified atom stereocenters. The highest BCUT2D eigenvalue weighted by molar-refractivity contribution is 6.12. The third kappa shape index (κ3) is 14.3. The van der Waals surface area contributed by atoms with Crippen molar-refractivity contribution in [2.24, 2.45) is 11.5 Å². The molecule has 2 atom stereocenters. The average Bonchev–Trinajstić information content (AvgIpc) is 3.33. The van der Waals surface area contributed by atoms with Gasteiger partial charge in [-0.3, -0.25) is 33.7 Å². The molecule has 15 heteroatoms. The van der Waals surface area contributed by atoms with E-state index < -0.39 is 35.9 Å². The number of nitrogens with one attached hydrogen (secondary N) is 4. The Bertz CT molecular complexity index is 1230. The molecule has 1 aliphatic rings. The number of hydrogen-bond acceptors (Lipinski definition) is 9. The average molecular weight is 644 g/mol. The van der Waals surface area contributed by atoms with Gasteiger partial charge in [0.2, 0.25) is 17.7 Å². The van der Waals surface area contributed by atoms with Crippen molar-refractivity contribution in [1.82, 2.24) is 20.9 Å². The van der Waals surface area contributed by atoms with Crippen LogP contribution in [0, 0.1) is 0 Å². The summed E-state index contributed by atoms with van der Waals surface area (Å²) in [6, 6.07) is 4.03. The maximum absolute atomic E-state index is 13.4. The first-order valence-electron chi connectivity index (χ1n) is 15.4. The van der Waals surface area contributed by atoms with E-state index in [-0.39, 0.29) is 50.3 Å². The maximum atomic E-state index is 13.4. The highest BCUT2D eigenvalue weighted by atomic mass is 16.5. The summed E-state index contributed by atoms with van der Waals surface area (Å²) in [5, 5.41) is 10.7. The molecule has 2 rings (SSSR count). The molecule has 0 radical (unpaired) electrons. The molecule has 0 fully saturated rings. The van der Waals surface area contributed by atoms with Gasteiger partial charge in [0.25, 0.3) is 11.8 Å². The Balaban J connectivity index is 1.98. The number of carbonyl (C=O) groups is 7. The fourth-order valence-corrected chi connectivity index (χ4v) is 4.57. The van der Waals surface area contributed by atoms with Crippen LogP contribution in [0.15, 0.2) is 36.4 Å². The number of nitrogens with zero attached hydrogens (tertiary/aromatic N) is 1. The largest absolute Gasteiger partial charge is 0.461 e. The SMILES string of the molecule is CC(=O)OCc1ccc(NC(=O)[C@H](CCCNC(N)=O)NC(=O)C(CCCCN)NC(=O)CCCCCN2C(=O)C=CC2=O)cc1. The Hall–Kier alpha value is -4.79. The number of anilines is 1. The van der Waals surface area contributed by atoms with Crippen LogP contribution in [0.4, 0.5) is 10.5 Å². The normalized spacial score (nSPS) is 13.6. The lowest BCUT2D eigenvalue weighted by atomic mass is 10.1. The van der Waals surface area contributed by atoms with E-state index in [0.29, 0.717) is 57.2 Å². The number of hydrogen-bond donors (Lipinski definition) is 6. The summed E-state index contributed by atoms with van der Waals surface area (Å²) in [5.41, 5.74) is 11.9. The smallest absolute Gasteiger partial charge is 0.312 e. The van der Waals surface area contributed by atoms with Crippen LogP contribution in [0.5, 0.6) is 0 Å². The van der Waals surface area contributed by atoms with Crippen molar-refractivity contribution >= 4 is 47.2 Å². The molecule has 8 N–H and O–H groups in total. The summed E-state index contributed by atoms with van der Waals surface area (Å²) >= 11 is 0. The molecular weight excluding hydrogens is 598 g/mol. The number of benzene rings is 1. The minimum Gasteiger partial charge on any atom is -0.461 e. The van der Waals surface area contributed by atoms with Gasteiger partial charge in [0, 0.05) is 44.3 Å². The highest BCUT2D eigenvalue weighted by Crippen LogP contribution is 2.13. The molecule has 1 aromatic rings. The van der Waals surface area contributed by atoms with Gasteiger partial charge in [0.1, 0.15) is 18.7 Å². The molecule has 0 saturated heterocycles. The molecule has 15 nitrogen and oxygen atoms in total. The first-order valence-corrected chi connectivity index (χ1v) is 15.4. The lowest BCUT2D eigenvalue weighted by molar-refractivity contribution is -0.142. The molecule has 1 aromatic carbocycles. The van der Waals surface area contributed by atoms with Gasteiger partial charge < -0.3 is 37.5 Å². The van der Waals surface area contributed by atoms with Crippen molar-refractivity contribution in [1.29, 1.82) is 0 Å². The molecule has 252 valence electrons. The van der Waals surface area contributed by atoms with Crippen LogP contribution in [0.3, 0.4) is 0 Å². The van der Waals surface area contributed by atoms with E-state index in [2.05, 4.69) is 21.3 Å². The fourth-order valence-electron chi connectivity index (χ4n) is 4.57. The van der Waals surface area contributed by atoms with Crippen molar-refractivity contribution in [3.05, 3.63) is 42.0 Å². The number of imide groups is 1. The predicted molar refractivity (Wildman–Crippen MR) is 168 cm³/mol. The number of rotatable bonds is 21. The first-order chi connectivity index (χ1) is 22.0. The second kappa shape index (κ2) is 20.3. The van der Waals surface area contributed by atoms with Crippen molar-refractivity contribution in [2.45, 2.75) is 83.4 Å². The van der Waals surface area contributed by atoms with E-state index in [1.54, 1.807) is 24.3 Å². The molecule has 0 aliphatic carbocycles. The number of carbonyl (C=O) groups excluding carboxylic acids is 7. The molecule has 1 heterocycles. The van der Waals surface area contributed by atoms with Crippen LogP contribution in [0.25, 0.3) is 0 Å². The van der Waals surface area contributed by atoms with E-state index in [4.69, 9.17) is 16.2 Å². The molecule has 46 heavy (non-hydrogen) atoms. The third-order valence-corrected chi connectivity index (χ3v) is 7.05. The van der Waals surface area contributed by atoms with Crippen molar-refractivity contribution < 1.29 is 38.3 Å². The molecule has 7 amide bonds. The number of esters is 1. The predicted octanol–water partition coefficient (Wildman–Crippen LogP) is 0.721. The minimum atomic E-state index is -0.998. The van der Waals surface area contributed by atoms with Crippen LogP contribution < -0.4 is 32.7 Å². The quantitative estimate of drug-likeness (QED) is 0.0628. The van der Waals surface area contributed by atoms with Crippen molar-refractivity contribution in [3.8, 4) is 0 Å². The van der Waals surface area contributed by atoms with Gasteiger partial charge in [0.05, 0.1) is 0 Å². The van der Waals surface area contributed by atoms with Gasteiger partial charge in [-0.25, -0.2) is 4.79 Å². The lowest BCUT2D eigenvalue weighted by Crippen LogP contribution is -2.52. The van der Waals surface area contributed by atoms with Crippen molar-refractivity contribution in [2.75, 3.05) is 25.0 Å². The second-order valence-corrected chi connectivity index (χ2v) is 10.8. The van der Waals surface area contributed by atoms with Gasteiger partial charge in [-0.05, 0) is 69.2 Å². The number of urea groups is 1. The Labute approximate surface area is 268 Å². The Morgan fingerprint density at radius 2 is 1.48 bits per heavy atom. The summed E-state index contributed by atoms with van der Waals surface area (Å²) in [4.78, 5) is 86.0. The fraction of sp³-hybridized carbons (Fsp3) is 0.516. The summed E-state index contributed by atoms with van der Waals surface area (Å²) in [6.07, 6.45) is 6.24. The number of ether oxygens (including phenoxy) is 1. The monoisotopic (exact) mass is 643 g/mol. The summed E-state index contributed by atoms with van der Waals surface area (Å²) in [7, 11) is 0. The van der Waals surface area contributed by atoms with E-state index in [1.807, 2.05) is 0 Å². The van der Waals surface area contributed by atoms with Crippen LogP contribution >= 0.6 is 0 Å². The standard InChI is InChI=1S/C31H45N7O8/c1-21(39)46-20-22-11-13-23(14-12-22)35-29(43)25(9-7-18-34-31(33)45)37-30(44)24(8-4-5-17-32)36-26(40)10-3-2-6-19-38-27(41)15-16-28(38)42/h11-16,24-25H,2-10,17-20,32H2,1H3,(H,35,43)(H,36,40)(H,37,44)(H3,33,34,45)/t24?,25-/m0/s1. The molecule has 0 aromatic heterocycles. The molecule has 0 saturated carbocycles. The highest BCUT2D eigenvalue weighted by Gasteiger charge is 2.27. The minimum absolute atomic E-state index is 0.0880. The van der Waals surface area contributed by atoms with E-state index in [9.17, 15) is 33.6 Å². The zero-order valence-corrected chi connectivity index (χ0v) is 26.2. The van der Waals surface area contributed by atoms with E-state index in [1.165, 1.54) is 19.1 Å². The zero-order valence-electron chi connectivity index (χ0n) is 26.2. The summed E-state index contributed by atoms with van der Waals surface area (Å²) in [6.45, 7) is 2.27. The number of nitrogens with two attached hydrogens (primary N) is 2. The molecule has 0 spiro atoms. The second-order valence-electron chi connectivity index (χ2n) is 10.8. The summed E-state index contributed by atoms with van der Waals surface area (Å²) < 4.78 is 4.97. The number of primary amides is 1. The van der Waals surface area contributed by atoms with Gasteiger partial charge in [0.15, 0.2) is 0 Å². The first kappa shape index (κ1) is 37.4. The Morgan fingerprint density at radius 3 is 2.11 bits per heavy atom. The number of unbranched alkanes of at least 4 members (excludes halogenated alkanes) is 3. The summed E-state index contributed by atoms with van der Waals surface area (Å²) in [5.74, 6) is -2.49. The lowest BCUT2D eigenvalue weighted by Gasteiger charge is -2.23.